The fourth-order valence-corrected chi connectivity index (χ4v) is 2.36. The highest BCUT2D eigenvalue weighted by Crippen LogP contribution is 2.46. The molecule has 1 aliphatic carbocycles. The summed E-state index contributed by atoms with van der Waals surface area (Å²) < 4.78 is 4.81. The van der Waals surface area contributed by atoms with Crippen molar-refractivity contribution in [2.75, 3.05) is 26.7 Å². The summed E-state index contributed by atoms with van der Waals surface area (Å²) in [6.07, 6.45) is 4.07. The van der Waals surface area contributed by atoms with Gasteiger partial charge in [-0.25, -0.2) is 0 Å². The maximum absolute atomic E-state index is 11.6. The monoisotopic (exact) mass is 253 g/mol. The number of hydrogen-bond donors (Lipinski definition) is 1. The molecule has 0 aromatic carbocycles. The molecule has 2 rings (SSSR count). The summed E-state index contributed by atoms with van der Waals surface area (Å²) in [6, 6.07) is 0. The summed E-state index contributed by atoms with van der Waals surface area (Å²) in [5.74, 6) is 1.21. The van der Waals surface area contributed by atoms with Crippen LogP contribution >= 0.6 is 0 Å². The SMILES string of the molecule is COC(=O)C1(CN=C(N)N2CCC(C)CC2)CC1. The quantitative estimate of drug-likeness (QED) is 0.462. The van der Waals surface area contributed by atoms with Crippen molar-refractivity contribution in [3.63, 3.8) is 0 Å². The molecule has 18 heavy (non-hydrogen) atoms. The number of esters is 1. The predicted molar refractivity (Wildman–Crippen MR) is 70.1 cm³/mol. The average molecular weight is 253 g/mol. The van der Waals surface area contributed by atoms with Gasteiger partial charge in [-0.1, -0.05) is 6.92 Å². The molecule has 102 valence electrons. The lowest BCUT2D eigenvalue weighted by atomic mass is 10.00. The summed E-state index contributed by atoms with van der Waals surface area (Å²) in [4.78, 5) is 18.1. The maximum Gasteiger partial charge on any atom is 0.313 e. The van der Waals surface area contributed by atoms with Gasteiger partial charge in [0.1, 0.15) is 0 Å². The number of rotatable bonds is 3. The molecule has 5 nitrogen and oxygen atoms in total. The lowest BCUT2D eigenvalue weighted by Crippen LogP contribution is -2.43. The normalized spacial score (nSPS) is 23.9. The molecule has 1 heterocycles. The fourth-order valence-electron chi connectivity index (χ4n) is 2.36. The standard InChI is InChI=1S/C13H23N3O2/c1-10-3-7-16(8-4-10)12(14)15-9-13(5-6-13)11(17)18-2/h10H,3-9H2,1-2H3,(H2,14,15). The van der Waals surface area contributed by atoms with E-state index in [1.165, 1.54) is 20.0 Å². The molecule has 0 bridgehead atoms. The number of carbonyl (C=O) groups is 1. The highest BCUT2D eigenvalue weighted by molar-refractivity contribution is 5.82. The Bertz CT molecular complexity index is 342. The first kappa shape index (κ1) is 13.2. The van der Waals surface area contributed by atoms with E-state index in [1.807, 2.05) is 0 Å². The third-order valence-corrected chi connectivity index (χ3v) is 4.12. The Balaban J connectivity index is 1.87. The Morgan fingerprint density at radius 3 is 2.56 bits per heavy atom. The van der Waals surface area contributed by atoms with Gasteiger partial charge in [-0.3, -0.25) is 9.79 Å². The first-order chi connectivity index (χ1) is 8.57. The van der Waals surface area contributed by atoms with E-state index in [4.69, 9.17) is 10.5 Å². The van der Waals surface area contributed by atoms with Crippen molar-refractivity contribution in [3.05, 3.63) is 0 Å². The Morgan fingerprint density at radius 1 is 1.44 bits per heavy atom. The largest absolute Gasteiger partial charge is 0.469 e. The first-order valence-corrected chi connectivity index (χ1v) is 6.71. The number of guanidine groups is 1. The molecule has 0 radical (unpaired) electrons. The number of likely N-dealkylation sites (tertiary alicyclic amines) is 1. The minimum atomic E-state index is -0.373. The van der Waals surface area contributed by atoms with E-state index < -0.39 is 0 Å². The second kappa shape index (κ2) is 5.16. The minimum absolute atomic E-state index is 0.147. The highest BCUT2D eigenvalue weighted by Gasteiger charge is 2.51. The van der Waals surface area contributed by atoms with Crippen LogP contribution in [0.25, 0.3) is 0 Å². The van der Waals surface area contributed by atoms with Crippen LogP contribution in [-0.2, 0) is 9.53 Å². The van der Waals surface area contributed by atoms with Gasteiger partial charge < -0.3 is 15.4 Å². The highest BCUT2D eigenvalue weighted by atomic mass is 16.5. The predicted octanol–water partition coefficient (Wildman–Crippen LogP) is 0.986. The Morgan fingerprint density at radius 2 is 2.06 bits per heavy atom. The van der Waals surface area contributed by atoms with Crippen molar-refractivity contribution >= 4 is 11.9 Å². The molecule has 0 spiro atoms. The van der Waals surface area contributed by atoms with E-state index in [2.05, 4.69) is 16.8 Å². The van der Waals surface area contributed by atoms with Crippen LogP contribution in [-0.4, -0.2) is 43.6 Å². The van der Waals surface area contributed by atoms with Crippen molar-refractivity contribution in [2.24, 2.45) is 22.1 Å². The third-order valence-electron chi connectivity index (χ3n) is 4.12. The van der Waals surface area contributed by atoms with Gasteiger partial charge in [-0.2, -0.15) is 0 Å². The van der Waals surface area contributed by atoms with Crippen LogP contribution in [0.1, 0.15) is 32.6 Å². The van der Waals surface area contributed by atoms with Crippen molar-refractivity contribution < 1.29 is 9.53 Å². The van der Waals surface area contributed by atoms with Gasteiger partial charge in [-0.05, 0) is 31.6 Å². The topological polar surface area (TPSA) is 67.9 Å². The molecule has 0 aromatic heterocycles. The summed E-state index contributed by atoms with van der Waals surface area (Å²) in [7, 11) is 1.43. The van der Waals surface area contributed by atoms with Crippen LogP contribution in [0.3, 0.4) is 0 Å². The van der Waals surface area contributed by atoms with Gasteiger partial charge in [0.05, 0.1) is 19.1 Å². The number of hydrogen-bond acceptors (Lipinski definition) is 3. The molecule has 1 aliphatic heterocycles. The molecule has 0 atom stereocenters. The van der Waals surface area contributed by atoms with Gasteiger partial charge in [0.25, 0.3) is 0 Å². The maximum atomic E-state index is 11.6. The smallest absolute Gasteiger partial charge is 0.313 e. The molecular formula is C13H23N3O2. The van der Waals surface area contributed by atoms with E-state index in [-0.39, 0.29) is 11.4 Å². The van der Waals surface area contributed by atoms with Gasteiger partial charge in [0.15, 0.2) is 5.96 Å². The van der Waals surface area contributed by atoms with Crippen LogP contribution in [0.2, 0.25) is 0 Å². The van der Waals surface area contributed by atoms with Gasteiger partial charge in [0, 0.05) is 13.1 Å². The minimum Gasteiger partial charge on any atom is -0.469 e. The van der Waals surface area contributed by atoms with Crippen LogP contribution in [0.15, 0.2) is 4.99 Å². The lowest BCUT2D eigenvalue weighted by Gasteiger charge is -2.31. The summed E-state index contributed by atoms with van der Waals surface area (Å²) in [5.41, 5.74) is 5.62. The Labute approximate surface area is 108 Å². The van der Waals surface area contributed by atoms with Crippen molar-refractivity contribution in [2.45, 2.75) is 32.6 Å². The van der Waals surface area contributed by atoms with Crippen molar-refractivity contribution in [1.82, 2.24) is 4.90 Å². The number of nitrogens with zero attached hydrogens (tertiary/aromatic N) is 2. The summed E-state index contributed by atoms with van der Waals surface area (Å²) in [5, 5.41) is 0. The molecular weight excluding hydrogens is 230 g/mol. The number of nitrogens with two attached hydrogens (primary N) is 1. The van der Waals surface area contributed by atoms with E-state index in [0.29, 0.717) is 12.5 Å². The van der Waals surface area contributed by atoms with Crippen LogP contribution in [0.5, 0.6) is 0 Å². The van der Waals surface area contributed by atoms with Crippen molar-refractivity contribution in [1.29, 1.82) is 0 Å². The number of ether oxygens (including phenoxy) is 1. The van der Waals surface area contributed by atoms with Gasteiger partial charge >= 0.3 is 5.97 Å². The molecule has 2 fully saturated rings. The van der Waals surface area contributed by atoms with E-state index in [9.17, 15) is 4.79 Å². The zero-order valence-electron chi connectivity index (χ0n) is 11.3. The number of methoxy groups -OCH3 is 1. The average Bonchev–Trinajstić information content (AvgIpc) is 3.17. The molecule has 0 aromatic rings. The van der Waals surface area contributed by atoms with Gasteiger partial charge in [0.2, 0.25) is 0 Å². The fraction of sp³-hybridized carbons (Fsp3) is 0.846. The molecule has 1 saturated heterocycles. The second-order valence-electron chi connectivity index (χ2n) is 5.62. The molecule has 0 unspecified atom stereocenters. The molecule has 2 aliphatic rings. The molecule has 5 heteroatoms. The first-order valence-electron chi connectivity index (χ1n) is 6.71. The number of carbonyl (C=O) groups excluding carboxylic acids is 1. The molecule has 1 saturated carbocycles. The lowest BCUT2D eigenvalue weighted by molar-refractivity contribution is -0.146. The zero-order chi connectivity index (χ0) is 13.2. The van der Waals surface area contributed by atoms with Crippen LogP contribution in [0, 0.1) is 11.3 Å². The van der Waals surface area contributed by atoms with E-state index >= 15 is 0 Å². The van der Waals surface area contributed by atoms with Crippen molar-refractivity contribution in [3.8, 4) is 0 Å². The number of aliphatic imine (C=N–C) groups is 1. The van der Waals surface area contributed by atoms with Crippen LogP contribution in [0.4, 0.5) is 0 Å². The van der Waals surface area contributed by atoms with Crippen LogP contribution < -0.4 is 5.73 Å². The third kappa shape index (κ3) is 2.76. The summed E-state index contributed by atoms with van der Waals surface area (Å²) >= 11 is 0. The number of piperidine rings is 1. The Hall–Kier alpha value is -1.26. The molecule has 2 N–H and O–H groups in total. The van der Waals surface area contributed by atoms with E-state index in [1.54, 1.807) is 0 Å². The Kier molecular flexibility index (Phi) is 3.78. The second-order valence-corrected chi connectivity index (χ2v) is 5.62. The molecule has 0 amide bonds. The summed E-state index contributed by atoms with van der Waals surface area (Å²) in [6.45, 7) is 4.68. The zero-order valence-corrected chi connectivity index (χ0v) is 11.3. The van der Waals surface area contributed by atoms with E-state index in [0.717, 1.165) is 31.8 Å². The van der Waals surface area contributed by atoms with Gasteiger partial charge in [-0.15, -0.1) is 0 Å².